The zero-order chi connectivity index (χ0) is 8.55. The maximum atomic E-state index is 5.93. The first-order valence-electron chi connectivity index (χ1n) is 3.47. The van der Waals surface area contributed by atoms with Crippen molar-refractivity contribution in [2.75, 3.05) is 0 Å². The molecule has 0 aliphatic heterocycles. The largest absolute Gasteiger partial charge is 0.256 e. The molecule has 0 aliphatic carbocycles. The van der Waals surface area contributed by atoms with Gasteiger partial charge in [-0.3, -0.25) is 4.98 Å². The minimum absolute atomic E-state index is 0.678. The summed E-state index contributed by atoms with van der Waals surface area (Å²) in [6.07, 6.45) is 1.68. The highest BCUT2D eigenvalue weighted by molar-refractivity contribution is 6.36. The number of aromatic nitrogens is 1. The summed E-state index contributed by atoms with van der Waals surface area (Å²) in [6, 6.07) is 7.21. The van der Waals surface area contributed by atoms with Gasteiger partial charge in [0.2, 0.25) is 0 Å². The lowest BCUT2D eigenvalue weighted by atomic mass is 10.2. The molecule has 60 valence electrons. The number of hydrogen-bond acceptors (Lipinski definition) is 1. The zero-order valence-electron chi connectivity index (χ0n) is 6.09. The highest BCUT2D eigenvalue weighted by Gasteiger charge is 1.98. The van der Waals surface area contributed by atoms with Gasteiger partial charge in [-0.25, -0.2) is 0 Å². The number of halogens is 2. The van der Waals surface area contributed by atoms with E-state index in [-0.39, 0.29) is 0 Å². The Morgan fingerprint density at radius 3 is 2.75 bits per heavy atom. The van der Waals surface area contributed by atoms with Gasteiger partial charge in [-0.1, -0.05) is 23.2 Å². The fourth-order valence-corrected chi connectivity index (χ4v) is 1.46. The van der Waals surface area contributed by atoms with Crippen molar-refractivity contribution < 1.29 is 0 Å². The van der Waals surface area contributed by atoms with Gasteiger partial charge in [0.1, 0.15) is 0 Å². The van der Waals surface area contributed by atoms with E-state index in [0.717, 1.165) is 10.9 Å². The van der Waals surface area contributed by atoms with Gasteiger partial charge in [-0.2, -0.15) is 0 Å². The summed E-state index contributed by atoms with van der Waals surface area (Å²) in [5.41, 5.74) is 0.868. The smallest absolute Gasteiger partial charge is 0.0717 e. The maximum absolute atomic E-state index is 5.93. The van der Waals surface area contributed by atoms with Crippen LogP contribution in [0.5, 0.6) is 0 Å². The van der Waals surface area contributed by atoms with Crippen LogP contribution in [0.25, 0.3) is 10.9 Å². The van der Waals surface area contributed by atoms with Gasteiger partial charge in [-0.05, 0) is 24.3 Å². The fraction of sp³-hybridized carbons (Fsp3) is 0. The summed E-state index contributed by atoms with van der Waals surface area (Å²) >= 11 is 11.7. The van der Waals surface area contributed by atoms with Crippen molar-refractivity contribution in [3.8, 4) is 0 Å². The molecule has 2 aromatic rings. The summed E-state index contributed by atoms with van der Waals surface area (Å²) < 4.78 is 0. The lowest BCUT2D eigenvalue weighted by Crippen LogP contribution is -1.78. The van der Waals surface area contributed by atoms with Crippen LogP contribution in [0.2, 0.25) is 10.0 Å². The Labute approximate surface area is 79.9 Å². The number of hydrogen-bond donors (Lipinski definition) is 0. The third-order valence-electron chi connectivity index (χ3n) is 1.65. The molecular weight excluding hydrogens is 193 g/mol. The van der Waals surface area contributed by atoms with E-state index >= 15 is 0 Å². The summed E-state index contributed by atoms with van der Waals surface area (Å²) in [6.45, 7) is 0. The van der Waals surface area contributed by atoms with Crippen LogP contribution in [0.4, 0.5) is 0 Å². The predicted molar refractivity (Wildman–Crippen MR) is 51.8 cm³/mol. The summed E-state index contributed by atoms with van der Waals surface area (Å²) in [7, 11) is 0. The first kappa shape index (κ1) is 7.84. The van der Waals surface area contributed by atoms with Crippen LogP contribution in [0.15, 0.2) is 30.5 Å². The summed E-state index contributed by atoms with van der Waals surface area (Å²) in [5, 5.41) is 2.26. The van der Waals surface area contributed by atoms with E-state index in [0.29, 0.717) is 10.0 Å². The van der Waals surface area contributed by atoms with Crippen molar-refractivity contribution in [3.05, 3.63) is 40.5 Å². The highest BCUT2D eigenvalue weighted by Crippen LogP contribution is 2.24. The molecule has 0 spiro atoms. The molecule has 0 fully saturated rings. The van der Waals surface area contributed by atoms with E-state index in [1.54, 1.807) is 18.3 Å². The monoisotopic (exact) mass is 197 g/mol. The molecule has 0 N–H and O–H groups in total. The predicted octanol–water partition coefficient (Wildman–Crippen LogP) is 3.54. The van der Waals surface area contributed by atoms with Gasteiger partial charge in [0.25, 0.3) is 0 Å². The van der Waals surface area contributed by atoms with Crippen LogP contribution in [0.1, 0.15) is 0 Å². The van der Waals surface area contributed by atoms with E-state index in [4.69, 9.17) is 23.2 Å². The lowest BCUT2D eigenvalue weighted by Gasteiger charge is -1.98. The van der Waals surface area contributed by atoms with Gasteiger partial charge in [0.15, 0.2) is 0 Å². The quantitative estimate of drug-likeness (QED) is 0.630. The lowest BCUT2D eigenvalue weighted by molar-refractivity contribution is 1.41. The number of nitrogens with zero attached hydrogens (tertiary/aromatic N) is 1. The molecule has 1 nitrogen and oxygen atoms in total. The van der Waals surface area contributed by atoms with Crippen LogP contribution in [-0.2, 0) is 0 Å². The third-order valence-corrected chi connectivity index (χ3v) is 2.22. The van der Waals surface area contributed by atoms with Crippen LogP contribution < -0.4 is 0 Å². The van der Waals surface area contributed by atoms with Crippen molar-refractivity contribution in [2.24, 2.45) is 0 Å². The highest BCUT2D eigenvalue weighted by atomic mass is 35.5. The molecule has 1 heterocycles. The van der Waals surface area contributed by atoms with Gasteiger partial charge < -0.3 is 0 Å². The summed E-state index contributed by atoms with van der Waals surface area (Å²) in [4.78, 5) is 4.14. The standard InChI is InChI=1S/C9H5Cl2N/c10-6-1-2-9-7(5-6)8(11)3-4-12-9/h1-5H. The number of pyridine rings is 1. The van der Waals surface area contributed by atoms with Crippen molar-refractivity contribution in [1.29, 1.82) is 0 Å². The number of rotatable bonds is 0. The van der Waals surface area contributed by atoms with Crippen LogP contribution >= 0.6 is 23.2 Å². The second kappa shape index (κ2) is 2.92. The fourth-order valence-electron chi connectivity index (χ4n) is 1.08. The van der Waals surface area contributed by atoms with Crippen molar-refractivity contribution >= 4 is 34.1 Å². The molecule has 0 atom stereocenters. The number of benzene rings is 1. The number of fused-ring (bicyclic) bond motifs is 1. The Morgan fingerprint density at radius 2 is 1.92 bits per heavy atom. The molecule has 0 bridgehead atoms. The molecule has 12 heavy (non-hydrogen) atoms. The minimum atomic E-state index is 0.678. The Kier molecular flexibility index (Phi) is 1.91. The Morgan fingerprint density at radius 1 is 1.08 bits per heavy atom. The molecular formula is C9H5Cl2N. The molecule has 1 aromatic carbocycles. The first-order chi connectivity index (χ1) is 5.77. The van der Waals surface area contributed by atoms with E-state index in [1.807, 2.05) is 12.1 Å². The third kappa shape index (κ3) is 1.26. The van der Waals surface area contributed by atoms with Gasteiger partial charge >= 0.3 is 0 Å². The summed E-state index contributed by atoms with van der Waals surface area (Å²) in [5.74, 6) is 0. The van der Waals surface area contributed by atoms with Crippen LogP contribution in [-0.4, -0.2) is 4.98 Å². The van der Waals surface area contributed by atoms with Crippen molar-refractivity contribution in [2.45, 2.75) is 0 Å². The molecule has 2 rings (SSSR count). The molecule has 0 unspecified atom stereocenters. The second-order valence-corrected chi connectivity index (χ2v) is 3.30. The van der Waals surface area contributed by atoms with Gasteiger partial charge in [0.05, 0.1) is 10.5 Å². The first-order valence-corrected chi connectivity index (χ1v) is 4.23. The molecule has 0 aliphatic rings. The average Bonchev–Trinajstić information content (AvgIpc) is 2.07. The van der Waals surface area contributed by atoms with Crippen molar-refractivity contribution in [1.82, 2.24) is 4.98 Å². The van der Waals surface area contributed by atoms with E-state index in [1.165, 1.54) is 0 Å². The van der Waals surface area contributed by atoms with E-state index in [2.05, 4.69) is 4.98 Å². The molecule has 0 saturated carbocycles. The zero-order valence-corrected chi connectivity index (χ0v) is 7.60. The Bertz CT molecular complexity index is 426. The SMILES string of the molecule is Clc1ccc2nccc(Cl)c2c1. The average molecular weight is 198 g/mol. The molecule has 1 aromatic heterocycles. The van der Waals surface area contributed by atoms with E-state index in [9.17, 15) is 0 Å². The molecule has 0 amide bonds. The van der Waals surface area contributed by atoms with E-state index < -0.39 is 0 Å². The molecule has 0 radical (unpaired) electrons. The van der Waals surface area contributed by atoms with Crippen molar-refractivity contribution in [3.63, 3.8) is 0 Å². The molecule has 3 heteroatoms. The Balaban J connectivity index is 2.88. The molecule has 0 saturated heterocycles. The Hall–Kier alpha value is -0.790. The van der Waals surface area contributed by atoms with Crippen LogP contribution in [0.3, 0.4) is 0 Å². The van der Waals surface area contributed by atoms with Gasteiger partial charge in [-0.15, -0.1) is 0 Å². The van der Waals surface area contributed by atoms with Gasteiger partial charge in [0, 0.05) is 16.6 Å². The minimum Gasteiger partial charge on any atom is -0.256 e. The maximum Gasteiger partial charge on any atom is 0.0717 e. The van der Waals surface area contributed by atoms with Crippen LogP contribution in [0, 0.1) is 0 Å². The normalized spacial score (nSPS) is 10.5. The topological polar surface area (TPSA) is 12.9 Å². The second-order valence-electron chi connectivity index (χ2n) is 2.45.